The van der Waals surface area contributed by atoms with Gasteiger partial charge in [-0.05, 0) is 0 Å². The minimum atomic E-state index is 0. The van der Waals surface area contributed by atoms with Crippen LogP contribution in [0.4, 0.5) is 0 Å². The van der Waals surface area contributed by atoms with E-state index >= 15 is 0 Å². The Labute approximate surface area is 83.6 Å². The van der Waals surface area contributed by atoms with Crippen molar-refractivity contribution in [3.63, 3.8) is 0 Å². The van der Waals surface area contributed by atoms with E-state index in [9.17, 15) is 0 Å². The Morgan fingerprint density at radius 3 is 0.500 bits per heavy atom. The van der Waals surface area contributed by atoms with Crippen LogP contribution in [-0.2, 0) is 85.0 Å². The summed E-state index contributed by atoms with van der Waals surface area (Å²) >= 11 is 0. The van der Waals surface area contributed by atoms with Crippen LogP contribution in [0.5, 0.6) is 0 Å². The second kappa shape index (κ2) is 17.1. The van der Waals surface area contributed by atoms with E-state index in [0.29, 0.717) is 0 Å². The van der Waals surface area contributed by atoms with Gasteiger partial charge in [-0.15, -0.1) is 0 Å². The monoisotopic (exact) mass is 748 g/mol. The van der Waals surface area contributed by atoms with Crippen LogP contribution in [0.2, 0.25) is 0 Å². The van der Waals surface area contributed by atoms with Crippen LogP contribution in [0.15, 0.2) is 0 Å². The summed E-state index contributed by atoms with van der Waals surface area (Å²) in [5.74, 6) is 0. The molecule has 0 spiro atoms. The van der Waals surface area contributed by atoms with Crippen LogP contribution < -0.4 is 0 Å². The maximum Gasteiger partial charge on any atom is 0 e. The fourth-order valence-corrected chi connectivity index (χ4v) is 0. The third-order valence-corrected chi connectivity index (χ3v) is 0. The van der Waals surface area contributed by atoms with Crippen molar-refractivity contribution in [2.24, 2.45) is 0 Å². The van der Waals surface area contributed by atoms with Gasteiger partial charge in [-0.1, -0.05) is 0 Å². The smallest absolute Gasteiger partial charge is 0 e. The van der Waals surface area contributed by atoms with Gasteiger partial charge in [-0.25, -0.2) is 0 Å². The molecule has 4 heteroatoms. The molecule has 0 N–H and O–H groups in total. The summed E-state index contributed by atoms with van der Waals surface area (Å²) in [5, 5.41) is 0. The van der Waals surface area contributed by atoms with E-state index < -0.39 is 0 Å². The van der Waals surface area contributed by atoms with Crippen LogP contribution in [0, 0.1) is 0 Å². The normalized spacial score (nSPS) is 0. The Balaban J connectivity index is 0. The zero-order valence-electron chi connectivity index (χ0n) is 1.56. The molecule has 0 saturated carbocycles. The largest absolute Gasteiger partial charge is 0 e. The van der Waals surface area contributed by atoms with Crippen molar-refractivity contribution in [2.75, 3.05) is 0 Å². The molecule has 0 aliphatic rings. The van der Waals surface area contributed by atoms with E-state index in [4.69, 9.17) is 0 Å². The van der Waals surface area contributed by atoms with Crippen LogP contribution >= 0.6 is 0 Å². The Kier molecular flexibility index (Phi) is 125. The third-order valence-electron chi connectivity index (χ3n) is 0. The molecule has 0 aromatic heterocycles. The maximum absolute atomic E-state index is 0. The summed E-state index contributed by atoms with van der Waals surface area (Å²) < 4.78 is 0. The van der Waals surface area contributed by atoms with Crippen LogP contribution in [0.25, 0.3) is 0 Å². The zero-order chi connectivity index (χ0) is 0. The maximum atomic E-state index is 0. The molecular weight excluding hydrogens is 746 g/mol. The molecule has 0 saturated heterocycles. The molecule has 0 aliphatic heterocycles. The van der Waals surface area contributed by atoms with Crippen LogP contribution in [0.3, 0.4) is 0 Å². The van der Waals surface area contributed by atoms with Gasteiger partial charge in [0, 0.05) is 85.0 Å². The van der Waals surface area contributed by atoms with Gasteiger partial charge in [-0.3, -0.25) is 0 Å². The number of rotatable bonds is 0. The predicted octanol–water partition coefficient (Wildman–Crippen LogP) is -0.0100. The summed E-state index contributed by atoms with van der Waals surface area (Å²) in [6.07, 6.45) is 0. The van der Waals surface area contributed by atoms with Crippen molar-refractivity contribution in [3.8, 4) is 0 Å². The van der Waals surface area contributed by atoms with Gasteiger partial charge < -0.3 is 0 Å². The van der Waals surface area contributed by atoms with Crippen LogP contribution in [0.1, 0.15) is 0 Å². The topological polar surface area (TPSA) is 0 Å². The van der Waals surface area contributed by atoms with Crippen LogP contribution in [-0.4, -0.2) is 0 Å². The van der Waals surface area contributed by atoms with Gasteiger partial charge in [0.1, 0.15) is 0 Å². The first-order valence-electron chi connectivity index (χ1n) is 0. The molecule has 0 nitrogen and oxygen atoms in total. The molecular formula is Ir2Ta2. The average molecular weight is 746 g/mol. The van der Waals surface area contributed by atoms with Crippen molar-refractivity contribution in [1.29, 1.82) is 0 Å². The van der Waals surface area contributed by atoms with E-state index in [-0.39, 0.29) is 85.0 Å². The molecule has 0 aliphatic carbocycles. The molecule has 0 heterocycles. The Hall–Kier alpha value is 2.78. The van der Waals surface area contributed by atoms with Gasteiger partial charge in [0.05, 0.1) is 0 Å². The molecule has 28 valence electrons. The number of hydrogen-bond donors (Lipinski definition) is 0. The molecule has 0 bridgehead atoms. The average Bonchev–Trinajstić information content (AvgIpc) is 0. The summed E-state index contributed by atoms with van der Waals surface area (Å²) in [6, 6.07) is 0. The molecule has 0 atom stereocenters. The number of hydrogen-bond acceptors (Lipinski definition) is 0. The van der Waals surface area contributed by atoms with E-state index in [1.54, 1.807) is 0 Å². The van der Waals surface area contributed by atoms with Gasteiger partial charge in [-0.2, -0.15) is 0 Å². The molecule has 4 radical (unpaired) electrons. The van der Waals surface area contributed by atoms with Crippen molar-refractivity contribution in [1.82, 2.24) is 0 Å². The first kappa shape index (κ1) is 29.3. The fraction of sp³-hybridized carbons (Fsp3) is 0. The predicted molar refractivity (Wildman–Crippen MR) is 0 cm³/mol. The molecule has 0 aromatic rings. The fourth-order valence-electron chi connectivity index (χ4n) is 0. The first-order chi connectivity index (χ1) is 0. The standard InChI is InChI=1S/2Ir.2Ta. The molecule has 0 unspecified atom stereocenters. The molecule has 4 heavy (non-hydrogen) atoms. The quantitative estimate of drug-likeness (QED) is 0.328. The van der Waals surface area contributed by atoms with E-state index in [0.717, 1.165) is 0 Å². The summed E-state index contributed by atoms with van der Waals surface area (Å²) in [7, 11) is 0. The van der Waals surface area contributed by atoms with Gasteiger partial charge in [0.15, 0.2) is 0 Å². The summed E-state index contributed by atoms with van der Waals surface area (Å²) in [6.45, 7) is 0. The second-order valence-electron chi connectivity index (χ2n) is 0. The Morgan fingerprint density at radius 1 is 0.500 bits per heavy atom. The van der Waals surface area contributed by atoms with Crippen molar-refractivity contribution in [3.05, 3.63) is 0 Å². The zero-order valence-corrected chi connectivity index (χ0v) is 12.8. The third kappa shape index (κ3) is 8.84. The van der Waals surface area contributed by atoms with Crippen molar-refractivity contribution >= 4 is 0 Å². The first-order valence-corrected chi connectivity index (χ1v) is 0. The van der Waals surface area contributed by atoms with Gasteiger partial charge in [0.25, 0.3) is 0 Å². The second-order valence-corrected chi connectivity index (χ2v) is 0. The summed E-state index contributed by atoms with van der Waals surface area (Å²) in [5.41, 5.74) is 0. The molecule has 0 aromatic carbocycles. The Bertz CT molecular complexity index is 4.00. The van der Waals surface area contributed by atoms with Crippen molar-refractivity contribution in [2.45, 2.75) is 0 Å². The van der Waals surface area contributed by atoms with Crippen molar-refractivity contribution < 1.29 is 85.0 Å². The van der Waals surface area contributed by atoms with Gasteiger partial charge in [0.2, 0.25) is 0 Å². The minimum absolute atomic E-state index is 0. The summed E-state index contributed by atoms with van der Waals surface area (Å²) in [4.78, 5) is 0. The molecule has 0 amide bonds. The Morgan fingerprint density at radius 2 is 0.500 bits per heavy atom. The van der Waals surface area contributed by atoms with Gasteiger partial charge >= 0.3 is 0 Å². The molecule has 0 rings (SSSR count). The van der Waals surface area contributed by atoms with E-state index in [2.05, 4.69) is 0 Å². The van der Waals surface area contributed by atoms with E-state index in [1.807, 2.05) is 0 Å². The molecule has 0 fully saturated rings. The SMILES string of the molecule is [Ir].[Ir].[Ta].[Ta]. The van der Waals surface area contributed by atoms with E-state index in [1.165, 1.54) is 0 Å². The minimum Gasteiger partial charge on any atom is 0 e.